The first kappa shape index (κ1) is 13.5. The SMILES string of the molecule is Cc1cccc(C(C)C)c1NC(=O)OCCO. The van der Waals surface area contributed by atoms with E-state index in [2.05, 4.69) is 19.2 Å². The molecule has 1 amide bonds. The highest BCUT2D eigenvalue weighted by Crippen LogP contribution is 2.27. The Morgan fingerprint density at radius 1 is 1.47 bits per heavy atom. The molecule has 94 valence electrons. The smallest absolute Gasteiger partial charge is 0.411 e. The van der Waals surface area contributed by atoms with Crippen molar-refractivity contribution >= 4 is 11.8 Å². The van der Waals surface area contributed by atoms with E-state index in [0.717, 1.165) is 16.8 Å². The molecule has 0 radical (unpaired) electrons. The van der Waals surface area contributed by atoms with Crippen LogP contribution in [0.25, 0.3) is 0 Å². The summed E-state index contributed by atoms with van der Waals surface area (Å²) in [6.45, 7) is 5.92. The van der Waals surface area contributed by atoms with Crippen LogP contribution in [-0.4, -0.2) is 24.4 Å². The summed E-state index contributed by atoms with van der Waals surface area (Å²) in [5.74, 6) is 0.322. The second kappa shape index (κ2) is 6.25. The molecule has 0 aliphatic rings. The summed E-state index contributed by atoms with van der Waals surface area (Å²) in [5.41, 5.74) is 2.87. The Morgan fingerprint density at radius 2 is 2.18 bits per heavy atom. The molecule has 0 heterocycles. The third-order valence-corrected chi connectivity index (χ3v) is 2.48. The molecule has 0 aliphatic carbocycles. The lowest BCUT2D eigenvalue weighted by molar-refractivity contribution is 0.131. The average Bonchev–Trinajstić information content (AvgIpc) is 2.28. The van der Waals surface area contributed by atoms with Crippen molar-refractivity contribution in [2.45, 2.75) is 26.7 Å². The number of carbonyl (C=O) groups is 1. The predicted molar refractivity (Wildman–Crippen MR) is 67.3 cm³/mol. The quantitative estimate of drug-likeness (QED) is 0.846. The van der Waals surface area contributed by atoms with Crippen molar-refractivity contribution in [1.29, 1.82) is 0 Å². The van der Waals surface area contributed by atoms with Gasteiger partial charge in [0.2, 0.25) is 0 Å². The van der Waals surface area contributed by atoms with Gasteiger partial charge in [0, 0.05) is 0 Å². The number of carbonyl (C=O) groups excluding carboxylic acids is 1. The van der Waals surface area contributed by atoms with Gasteiger partial charge < -0.3 is 9.84 Å². The maximum Gasteiger partial charge on any atom is 0.411 e. The van der Waals surface area contributed by atoms with Crippen LogP contribution in [0.2, 0.25) is 0 Å². The van der Waals surface area contributed by atoms with Crippen LogP contribution in [0.1, 0.15) is 30.9 Å². The number of aliphatic hydroxyl groups is 1. The summed E-state index contributed by atoms with van der Waals surface area (Å²) in [7, 11) is 0. The molecule has 2 N–H and O–H groups in total. The van der Waals surface area contributed by atoms with Gasteiger partial charge in [0.25, 0.3) is 0 Å². The molecule has 4 nitrogen and oxygen atoms in total. The van der Waals surface area contributed by atoms with E-state index in [4.69, 9.17) is 9.84 Å². The zero-order valence-corrected chi connectivity index (χ0v) is 10.5. The van der Waals surface area contributed by atoms with Crippen molar-refractivity contribution < 1.29 is 14.6 Å². The predicted octanol–water partition coefficient (Wildman–Crippen LogP) is 2.66. The van der Waals surface area contributed by atoms with Crippen LogP contribution >= 0.6 is 0 Å². The zero-order chi connectivity index (χ0) is 12.8. The van der Waals surface area contributed by atoms with Crippen molar-refractivity contribution in [1.82, 2.24) is 0 Å². The van der Waals surface area contributed by atoms with Crippen LogP contribution in [0.4, 0.5) is 10.5 Å². The van der Waals surface area contributed by atoms with Crippen LogP contribution in [0, 0.1) is 6.92 Å². The molecule has 0 unspecified atom stereocenters. The molecule has 0 atom stereocenters. The lowest BCUT2D eigenvalue weighted by atomic mass is 9.98. The fourth-order valence-electron chi connectivity index (χ4n) is 1.62. The van der Waals surface area contributed by atoms with E-state index in [1.54, 1.807) is 0 Å². The molecule has 4 heteroatoms. The molecule has 17 heavy (non-hydrogen) atoms. The standard InChI is InChI=1S/C13H19NO3/c1-9(2)11-6-4-5-10(3)12(11)14-13(16)17-8-7-15/h4-6,9,15H,7-8H2,1-3H3,(H,14,16). The number of rotatable bonds is 4. The Morgan fingerprint density at radius 3 is 2.76 bits per heavy atom. The Hall–Kier alpha value is -1.55. The number of hydrogen-bond acceptors (Lipinski definition) is 3. The number of benzene rings is 1. The summed E-state index contributed by atoms with van der Waals surface area (Å²) < 4.78 is 4.78. The van der Waals surface area contributed by atoms with E-state index in [1.165, 1.54) is 0 Å². The number of ether oxygens (including phenoxy) is 1. The Balaban J connectivity index is 2.85. The molecule has 0 saturated carbocycles. The summed E-state index contributed by atoms with van der Waals surface area (Å²) in [5, 5.41) is 11.3. The first-order valence-electron chi connectivity index (χ1n) is 5.70. The third-order valence-electron chi connectivity index (χ3n) is 2.48. The monoisotopic (exact) mass is 237 g/mol. The van der Waals surface area contributed by atoms with Gasteiger partial charge in [-0.2, -0.15) is 0 Å². The van der Waals surface area contributed by atoms with Gasteiger partial charge in [-0.25, -0.2) is 4.79 Å². The average molecular weight is 237 g/mol. The molecule has 1 aromatic rings. The first-order chi connectivity index (χ1) is 8.06. The van der Waals surface area contributed by atoms with Gasteiger partial charge in [-0.1, -0.05) is 32.0 Å². The Labute approximate surface area is 102 Å². The maximum atomic E-state index is 11.5. The summed E-state index contributed by atoms with van der Waals surface area (Å²) >= 11 is 0. The fourth-order valence-corrected chi connectivity index (χ4v) is 1.62. The lowest BCUT2D eigenvalue weighted by Gasteiger charge is -2.16. The summed E-state index contributed by atoms with van der Waals surface area (Å²) in [6, 6.07) is 5.89. The van der Waals surface area contributed by atoms with E-state index in [9.17, 15) is 4.79 Å². The summed E-state index contributed by atoms with van der Waals surface area (Å²) in [4.78, 5) is 11.5. The van der Waals surface area contributed by atoms with E-state index in [1.807, 2.05) is 25.1 Å². The second-order valence-corrected chi connectivity index (χ2v) is 4.18. The number of aryl methyl sites for hydroxylation is 1. The topological polar surface area (TPSA) is 58.6 Å². The van der Waals surface area contributed by atoms with Gasteiger partial charge in [-0.15, -0.1) is 0 Å². The van der Waals surface area contributed by atoms with Gasteiger partial charge in [-0.3, -0.25) is 5.32 Å². The number of nitrogens with one attached hydrogen (secondary N) is 1. The van der Waals surface area contributed by atoms with Gasteiger partial charge in [0.05, 0.1) is 12.3 Å². The van der Waals surface area contributed by atoms with Crippen LogP contribution in [0.3, 0.4) is 0 Å². The highest BCUT2D eigenvalue weighted by atomic mass is 16.6. The van der Waals surface area contributed by atoms with Crippen molar-refractivity contribution in [3.63, 3.8) is 0 Å². The molecule has 0 fully saturated rings. The minimum absolute atomic E-state index is 0.00866. The van der Waals surface area contributed by atoms with Crippen molar-refractivity contribution in [2.75, 3.05) is 18.5 Å². The van der Waals surface area contributed by atoms with Gasteiger partial charge >= 0.3 is 6.09 Å². The van der Waals surface area contributed by atoms with Crippen LogP contribution < -0.4 is 5.32 Å². The molecule has 1 aromatic carbocycles. The van der Waals surface area contributed by atoms with Gasteiger partial charge in [0.15, 0.2) is 0 Å². The Bertz CT molecular complexity index is 388. The molecular formula is C13H19NO3. The molecular weight excluding hydrogens is 218 g/mol. The number of anilines is 1. The first-order valence-corrected chi connectivity index (χ1v) is 5.70. The van der Waals surface area contributed by atoms with E-state index >= 15 is 0 Å². The van der Waals surface area contributed by atoms with Crippen LogP contribution in [-0.2, 0) is 4.74 Å². The van der Waals surface area contributed by atoms with Gasteiger partial charge in [-0.05, 0) is 24.0 Å². The van der Waals surface area contributed by atoms with Crippen LogP contribution in [0.15, 0.2) is 18.2 Å². The van der Waals surface area contributed by atoms with Crippen molar-refractivity contribution in [3.05, 3.63) is 29.3 Å². The molecule has 1 rings (SSSR count). The zero-order valence-electron chi connectivity index (χ0n) is 10.5. The van der Waals surface area contributed by atoms with Crippen molar-refractivity contribution in [2.24, 2.45) is 0 Å². The highest BCUT2D eigenvalue weighted by Gasteiger charge is 2.12. The second-order valence-electron chi connectivity index (χ2n) is 4.18. The minimum Gasteiger partial charge on any atom is -0.447 e. The molecule has 0 aromatic heterocycles. The number of para-hydroxylation sites is 1. The van der Waals surface area contributed by atoms with E-state index in [-0.39, 0.29) is 13.2 Å². The van der Waals surface area contributed by atoms with Crippen molar-refractivity contribution in [3.8, 4) is 0 Å². The molecule has 0 bridgehead atoms. The van der Waals surface area contributed by atoms with Gasteiger partial charge in [0.1, 0.15) is 6.61 Å². The Kier molecular flexibility index (Phi) is 4.97. The largest absolute Gasteiger partial charge is 0.447 e. The maximum absolute atomic E-state index is 11.5. The van der Waals surface area contributed by atoms with E-state index in [0.29, 0.717) is 5.92 Å². The summed E-state index contributed by atoms with van der Waals surface area (Å²) in [6.07, 6.45) is -0.532. The lowest BCUT2D eigenvalue weighted by Crippen LogP contribution is -2.17. The molecule has 0 spiro atoms. The third kappa shape index (κ3) is 3.75. The minimum atomic E-state index is -0.532. The number of aliphatic hydroxyl groups excluding tert-OH is 1. The number of hydrogen-bond donors (Lipinski definition) is 2. The molecule has 0 aliphatic heterocycles. The fraction of sp³-hybridized carbons (Fsp3) is 0.462. The normalized spacial score (nSPS) is 10.4. The molecule has 0 saturated heterocycles. The number of amides is 1. The highest BCUT2D eigenvalue weighted by molar-refractivity contribution is 5.87. The van der Waals surface area contributed by atoms with E-state index < -0.39 is 6.09 Å². The van der Waals surface area contributed by atoms with Crippen LogP contribution in [0.5, 0.6) is 0 Å².